The number of fused-ring (bicyclic) bond motifs is 1. The molecule has 1 heterocycles. The van der Waals surface area contributed by atoms with Gasteiger partial charge in [-0.05, 0) is 47.9 Å². The van der Waals surface area contributed by atoms with Crippen LogP contribution in [0.25, 0.3) is 11.1 Å². The van der Waals surface area contributed by atoms with E-state index in [-0.39, 0.29) is 5.41 Å². The minimum atomic E-state index is -0.898. The van der Waals surface area contributed by atoms with Crippen LogP contribution >= 0.6 is 0 Å². The van der Waals surface area contributed by atoms with E-state index in [1.54, 1.807) is 12.1 Å². The summed E-state index contributed by atoms with van der Waals surface area (Å²) in [4.78, 5) is 11.2. The number of hydrogen-bond acceptors (Lipinski definition) is 2. The molecule has 1 aliphatic heterocycles. The van der Waals surface area contributed by atoms with Gasteiger partial charge in [0.15, 0.2) is 0 Å². The van der Waals surface area contributed by atoms with Crippen LogP contribution in [0.1, 0.15) is 35.3 Å². The lowest BCUT2D eigenvalue weighted by atomic mass is 9.85. The minimum Gasteiger partial charge on any atom is -0.492 e. The zero-order chi connectivity index (χ0) is 15.2. The summed E-state index contributed by atoms with van der Waals surface area (Å²) >= 11 is 0. The SMILES string of the molecule is Cc1cc(C(=O)O)cc(-c2ccc3c(c2)C(C)(C)CO3)c1. The smallest absolute Gasteiger partial charge is 0.335 e. The molecular formula is C18H18O3. The van der Waals surface area contributed by atoms with Gasteiger partial charge in [0.2, 0.25) is 0 Å². The van der Waals surface area contributed by atoms with Crippen molar-refractivity contribution in [1.29, 1.82) is 0 Å². The number of aryl methyl sites for hydroxylation is 1. The number of benzene rings is 2. The summed E-state index contributed by atoms with van der Waals surface area (Å²) in [5.74, 6) is 0.0274. The summed E-state index contributed by atoms with van der Waals surface area (Å²) in [5.41, 5.74) is 4.39. The predicted octanol–water partition coefficient (Wildman–Crippen LogP) is 4.03. The highest BCUT2D eigenvalue weighted by Crippen LogP contribution is 2.40. The van der Waals surface area contributed by atoms with E-state index in [0.717, 1.165) is 22.4 Å². The standard InChI is InChI=1S/C18H18O3/c1-11-6-13(8-14(7-11)17(19)20)12-4-5-16-15(9-12)18(2,3)10-21-16/h4-9H,10H2,1-3H3,(H,19,20). The Morgan fingerprint density at radius 1 is 1.14 bits per heavy atom. The molecule has 0 aromatic heterocycles. The number of carboxylic acid groups (broad SMARTS) is 1. The first-order valence-corrected chi connectivity index (χ1v) is 6.99. The summed E-state index contributed by atoms with van der Waals surface area (Å²) < 4.78 is 5.70. The fourth-order valence-corrected chi connectivity index (χ4v) is 2.77. The second-order valence-corrected chi connectivity index (χ2v) is 6.28. The van der Waals surface area contributed by atoms with Crippen LogP contribution in [0.3, 0.4) is 0 Å². The van der Waals surface area contributed by atoms with Crippen molar-refractivity contribution < 1.29 is 14.6 Å². The Morgan fingerprint density at radius 2 is 1.90 bits per heavy atom. The Morgan fingerprint density at radius 3 is 2.62 bits per heavy atom. The maximum Gasteiger partial charge on any atom is 0.335 e. The molecule has 0 unspecified atom stereocenters. The van der Waals surface area contributed by atoms with Crippen LogP contribution in [-0.4, -0.2) is 17.7 Å². The van der Waals surface area contributed by atoms with E-state index >= 15 is 0 Å². The molecule has 0 fully saturated rings. The molecule has 1 aliphatic rings. The summed E-state index contributed by atoms with van der Waals surface area (Å²) in [7, 11) is 0. The van der Waals surface area contributed by atoms with Crippen LogP contribution in [0.4, 0.5) is 0 Å². The Balaban J connectivity index is 2.12. The second kappa shape index (κ2) is 4.62. The van der Waals surface area contributed by atoms with Gasteiger partial charge in [0.25, 0.3) is 0 Å². The van der Waals surface area contributed by atoms with E-state index in [2.05, 4.69) is 19.9 Å². The quantitative estimate of drug-likeness (QED) is 0.904. The lowest BCUT2D eigenvalue weighted by molar-refractivity contribution is 0.0697. The molecule has 3 rings (SSSR count). The number of carbonyl (C=O) groups is 1. The molecule has 21 heavy (non-hydrogen) atoms. The Bertz CT molecular complexity index is 729. The summed E-state index contributed by atoms with van der Waals surface area (Å²) in [6.45, 7) is 6.90. The predicted molar refractivity (Wildman–Crippen MR) is 82.1 cm³/mol. The van der Waals surface area contributed by atoms with Gasteiger partial charge in [-0.25, -0.2) is 4.79 Å². The molecule has 0 saturated heterocycles. The third kappa shape index (κ3) is 2.40. The van der Waals surface area contributed by atoms with Crippen molar-refractivity contribution in [1.82, 2.24) is 0 Å². The van der Waals surface area contributed by atoms with Crippen molar-refractivity contribution in [2.75, 3.05) is 6.61 Å². The molecule has 0 spiro atoms. The van der Waals surface area contributed by atoms with Crippen molar-refractivity contribution in [3.63, 3.8) is 0 Å². The molecule has 0 amide bonds. The molecule has 2 aromatic rings. The van der Waals surface area contributed by atoms with Gasteiger partial charge >= 0.3 is 5.97 Å². The first-order chi connectivity index (χ1) is 9.87. The van der Waals surface area contributed by atoms with Gasteiger partial charge in [0.1, 0.15) is 5.75 Å². The van der Waals surface area contributed by atoms with Crippen LogP contribution in [0.2, 0.25) is 0 Å². The lowest BCUT2D eigenvalue weighted by Crippen LogP contribution is -2.18. The Hall–Kier alpha value is -2.29. The van der Waals surface area contributed by atoms with Crippen molar-refractivity contribution in [3.05, 3.63) is 53.1 Å². The van der Waals surface area contributed by atoms with Gasteiger partial charge in [0.05, 0.1) is 12.2 Å². The second-order valence-electron chi connectivity index (χ2n) is 6.28. The monoisotopic (exact) mass is 282 g/mol. The molecule has 0 aliphatic carbocycles. The fraction of sp³-hybridized carbons (Fsp3) is 0.278. The van der Waals surface area contributed by atoms with Crippen LogP contribution in [0.5, 0.6) is 5.75 Å². The molecule has 3 nitrogen and oxygen atoms in total. The first-order valence-electron chi connectivity index (χ1n) is 6.99. The van der Waals surface area contributed by atoms with Gasteiger partial charge in [-0.15, -0.1) is 0 Å². The van der Waals surface area contributed by atoms with Crippen molar-refractivity contribution in [2.24, 2.45) is 0 Å². The van der Waals surface area contributed by atoms with Crippen molar-refractivity contribution in [3.8, 4) is 16.9 Å². The van der Waals surface area contributed by atoms with Crippen molar-refractivity contribution in [2.45, 2.75) is 26.2 Å². The highest BCUT2D eigenvalue weighted by atomic mass is 16.5. The molecule has 0 bridgehead atoms. The third-order valence-corrected chi connectivity index (χ3v) is 3.95. The maximum absolute atomic E-state index is 11.2. The van der Waals surface area contributed by atoms with E-state index in [1.807, 2.05) is 25.1 Å². The van der Waals surface area contributed by atoms with Crippen LogP contribution < -0.4 is 4.74 Å². The van der Waals surface area contributed by atoms with Gasteiger partial charge in [-0.2, -0.15) is 0 Å². The van der Waals surface area contributed by atoms with Gasteiger partial charge < -0.3 is 9.84 Å². The molecule has 1 N–H and O–H groups in total. The lowest BCUT2D eigenvalue weighted by Gasteiger charge is -2.16. The minimum absolute atomic E-state index is 0.00913. The summed E-state index contributed by atoms with van der Waals surface area (Å²) in [6, 6.07) is 11.5. The molecule has 3 heteroatoms. The molecule has 2 aromatic carbocycles. The van der Waals surface area contributed by atoms with E-state index in [4.69, 9.17) is 4.74 Å². The van der Waals surface area contributed by atoms with E-state index in [9.17, 15) is 9.90 Å². The molecule has 0 atom stereocenters. The average Bonchev–Trinajstić information content (AvgIpc) is 2.73. The van der Waals surface area contributed by atoms with Gasteiger partial charge in [-0.1, -0.05) is 26.0 Å². The van der Waals surface area contributed by atoms with E-state index < -0.39 is 5.97 Å². The molecular weight excluding hydrogens is 264 g/mol. The molecule has 0 saturated carbocycles. The number of hydrogen-bond donors (Lipinski definition) is 1. The van der Waals surface area contributed by atoms with E-state index in [1.165, 1.54) is 5.56 Å². The van der Waals surface area contributed by atoms with Crippen LogP contribution in [0.15, 0.2) is 36.4 Å². The average molecular weight is 282 g/mol. The van der Waals surface area contributed by atoms with Crippen LogP contribution in [-0.2, 0) is 5.41 Å². The highest BCUT2D eigenvalue weighted by Gasteiger charge is 2.31. The molecule has 0 radical (unpaired) electrons. The maximum atomic E-state index is 11.2. The third-order valence-electron chi connectivity index (χ3n) is 3.95. The highest BCUT2D eigenvalue weighted by molar-refractivity contribution is 5.90. The number of aromatic carboxylic acids is 1. The number of rotatable bonds is 2. The topological polar surface area (TPSA) is 46.5 Å². The first kappa shape index (κ1) is 13.7. The summed E-state index contributed by atoms with van der Waals surface area (Å²) in [5, 5.41) is 9.20. The molecule has 108 valence electrons. The van der Waals surface area contributed by atoms with Gasteiger partial charge in [-0.3, -0.25) is 0 Å². The summed E-state index contributed by atoms with van der Waals surface area (Å²) in [6.07, 6.45) is 0. The van der Waals surface area contributed by atoms with E-state index in [0.29, 0.717) is 12.2 Å². The zero-order valence-electron chi connectivity index (χ0n) is 12.4. The zero-order valence-corrected chi connectivity index (χ0v) is 12.4. The fourth-order valence-electron chi connectivity index (χ4n) is 2.77. The van der Waals surface area contributed by atoms with Gasteiger partial charge in [0, 0.05) is 11.0 Å². The Labute approximate surface area is 124 Å². The van der Waals surface area contributed by atoms with Crippen LogP contribution in [0, 0.1) is 6.92 Å². The van der Waals surface area contributed by atoms with Crippen molar-refractivity contribution >= 4 is 5.97 Å². The Kier molecular flexibility index (Phi) is 3.01. The number of ether oxygens (including phenoxy) is 1. The largest absolute Gasteiger partial charge is 0.492 e. The number of carboxylic acids is 1. The normalized spacial score (nSPS) is 15.4.